The van der Waals surface area contributed by atoms with Gasteiger partial charge in [-0.25, -0.2) is 0 Å². The van der Waals surface area contributed by atoms with Gasteiger partial charge >= 0.3 is 0 Å². The maximum Gasteiger partial charge on any atom is 0.253 e. The Bertz CT molecular complexity index is 1080. The molecule has 1 aliphatic rings. The van der Waals surface area contributed by atoms with Crippen LogP contribution < -0.4 is 15.8 Å². The van der Waals surface area contributed by atoms with Crippen molar-refractivity contribution in [2.75, 3.05) is 23.3 Å². The first-order chi connectivity index (χ1) is 14.3. The van der Waals surface area contributed by atoms with Gasteiger partial charge in [0.25, 0.3) is 5.56 Å². The fraction of sp³-hybridized carbons (Fsp3) is 0.423. The van der Waals surface area contributed by atoms with Crippen LogP contribution in [0.25, 0.3) is 10.9 Å². The summed E-state index contributed by atoms with van der Waals surface area (Å²) < 4.78 is 0. The molecule has 30 heavy (non-hydrogen) atoms. The Morgan fingerprint density at radius 3 is 2.57 bits per heavy atom. The van der Waals surface area contributed by atoms with Gasteiger partial charge in [-0.05, 0) is 77.6 Å². The summed E-state index contributed by atoms with van der Waals surface area (Å²) in [5.41, 5.74) is 5.27. The Balaban J connectivity index is 1.49. The number of fused-ring (bicyclic) bond motifs is 1. The summed E-state index contributed by atoms with van der Waals surface area (Å²) in [5, 5.41) is 4.49. The minimum atomic E-state index is -0.0302. The van der Waals surface area contributed by atoms with Gasteiger partial charge in [-0.1, -0.05) is 33.8 Å². The molecule has 4 heteroatoms. The van der Waals surface area contributed by atoms with Crippen LogP contribution >= 0.6 is 0 Å². The maximum absolute atomic E-state index is 12.5. The van der Waals surface area contributed by atoms with Gasteiger partial charge in [0.05, 0.1) is 0 Å². The minimum absolute atomic E-state index is 0.0302. The second-order valence-corrected chi connectivity index (χ2v) is 9.77. The van der Waals surface area contributed by atoms with Crippen LogP contribution in [-0.4, -0.2) is 18.1 Å². The fourth-order valence-corrected chi connectivity index (χ4v) is 4.26. The average molecular weight is 404 g/mol. The number of aromatic amines is 1. The normalized spacial score (nSPS) is 17.3. The van der Waals surface area contributed by atoms with Crippen LogP contribution in [0.3, 0.4) is 0 Å². The molecular formula is C26H33N3O. The summed E-state index contributed by atoms with van der Waals surface area (Å²) in [7, 11) is 0. The van der Waals surface area contributed by atoms with Gasteiger partial charge in [0, 0.05) is 42.1 Å². The van der Waals surface area contributed by atoms with E-state index in [1.54, 1.807) is 0 Å². The van der Waals surface area contributed by atoms with Gasteiger partial charge < -0.3 is 15.2 Å². The second kappa shape index (κ2) is 8.17. The van der Waals surface area contributed by atoms with E-state index in [0.29, 0.717) is 6.54 Å². The lowest BCUT2D eigenvalue weighted by Gasteiger charge is -2.32. The summed E-state index contributed by atoms with van der Waals surface area (Å²) in [6.45, 7) is 11.7. The standard InChI is InChI=1S/C26H33N3O/c1-18-6-5-13-29(17-18)23-10-8-22(9-11-23)27-16-20-14-19-15-21(26(2,3)4)7-12-24(19)28-25(20)30/h7-12,14-15,18,27H,5-6,13,16-17H2,1-4H3,(H,28,30)/t18-/m0/s1. The molecule has 2 aromatic carbocycles. The lowest BCUT2D eigenvalue weighted by Crippen LogP contribution is -2.34. The predicted molar refractivity (Wildman–Crippen MR) is 128 cm³/mol. The summed E-state index contributed by atoms with van der Waals surface area (Å²) in [6.07, 6.45) is 2.59. The third kappa shape index (κ3) is 4.53. The summed E-state index contributed by atoms with van der Waals surface area (Å²) in [5.74, 6) is 0.759. The number of hydrogen-bond acceptors (Lipinski definition) is 3. The second-order valence-electron chi connectivity index (χ2n) is 9.77. The number of aromatic nitrogens is 1. The summed E-state index contributed by atoms with van der Waals surface area (Å²) in [4.78, 5) is 18.0. The monoisotopic (exact) mass is 403 g/mol. The van der Waals surface area contributed by atoms with Crippen LogP contribution in [0.1, 0.15) is 51.7 Å². The molecule has 1 saturated heterocycles. The van der Waals surface area contributed by atoms with Gasteiger partial charge in [-0.2, -0.15) is 0 Å². The molecule has 0 spiro atoms. The highest BCUT2D eigenvalue weighted by Crippen LogP contribution is 2.26. The SMILES string of the molecule is C[C@H]1CCCN(c2ccc(NCc3cc4cc(C(C)(C)C)ccc4[nH]c3=O)cc2)C1. The molecule has 0 amide bonds. The molecule has 1 fully saturated rings. The Morgan fingerprint density at radius 2 is 1.87 bits per heavy atom. The van der Waals surface area contributed by atoms with Crippen molar-refractivity contribution in [1.29, 1.82) is 0 Å². The highest BCUT2D eigenvalue weighted by molar-refractivity contribution is 5.80. The highest BCUT2D eigenvalue weighted by atomic mass is 16.1. The Kier molecular flexibility index (Phi) is 5.59. The molecule has 158 valence electrons. The topological polar surface area (TPSA) is 48.1 Å². The average Bonchev–Trinajstić information content (AvgIpc) is 2.71. The minimum Gasteiger partial charge on any atom is -0.381 e. The molecule has 1 atom stereocenters. The molecule has 0 bridgehead atoms. The van der Waals surface area contributed by atoms with E-state index >= 15 is 0 Å². The van der Waals surface area contributed by atoms with Crippen LogP contribution in [0.4, 0.5) is 11.4 Å². The molecule has 0 unspecified atom stereocenters. The largest absolute Gasteiger partial charge is 0.381 e. The maximum atomic E-state index is 12.5. The van der Waals surface area contributed by atoms with Crippen molar-refractivity contribution in [2.24, 2.45) is 5.92 Å². The van der Waals surface area contributed by atoms with Gasteiger partial charge in [-0.3, -0.25) is 4.79 Å². The Morgan fingerprint density at radius 1 is 1.10 bits per heavy atom. The molecule has 1 aliphatic heterocycles. The lowest BCUT2D eigenvalue weighted by atomic mass is 9.86. The third-order valence-corrected chi connectivity index (χ3v) is 6.16. The van der Waals surface area contributed by atoms with Crippen molar-refractivity contribution >= 4 is 22.3 Å². The van der Waals surface area contributed by atoms with Crippen molar-refractivity contribution in [3.05, 3.63) is 70.0 Å². The van der Waals surface area contributed by atoms with E-state index in [0.717, 1.165) is 41.2 Å². The zero-order chi connectivity index (χ0) is 21.3. The number of H-pyrrole nitrogens is 1. The number of nitrogens with one attached hydrogen (secondary N) is 2. The van der Waals surface area contributed by atoms with Crippen molar-refractivity contribution in [2.45, 2.75) is 52.5 Å². The summed E-state index contributed by atoms with van der Waals surface area (Å²) >= 11 is 0. The number of benzene rings is 2. The third-order valence-electron chi connectivity index (χ3n) is 6.16. The smallest absolute Gasteiger partial charge is 0.253 e. The van der Waals surface area contributed by atoms with Crippen molar-refractivity contribution in [3.63, 3.8) is 0 Å². The lowest BCUT2D eigenvalue weighted by molar-refractivity contribution is 0.447. The number of pyridine rings is 1. The molecule has 1 aromatic heterocycles. The quantitative estimate of drug-likeness (QED) is 0.590. The van der Waals surface area contributed by atoms with Crippen LogP contribution in [0.15, 0.2) is 53.3 Å². The van der Waals surface area contributed by atoms with Gasteiger partial charge in [0.15, 0.2) is 0 Å². The van der Waals surface area contributed by atoms with Crippen molar-refractivity contribution in [1.82, 2.24) is 4.98 Å². The van der Waals surface area contributed by atoms with Crippen molar-refractivity contribution in [3.8, 4) is 0 Å². The van der Waals surface area contributed by atoms with E-state index in [2.05, 4.69) is 79.3 Å². The molecule has 2 heterocycles. The van der Waals surface area contributed by atoms with Crippen LogP contribution in [0.2, 0.25) is 0 Å². The number of rotatable bonds is 4. The number of nitrogens with zero attached hydrogens (tertiary/aromatic N) is 1. The Hall–Kier alpha value is -2.75. The van der Waals surface area contributed by atoms with Crippen molar-refractivity contribution < 1.29 is 0 Å². The van der Waals surface area contributed by atoms with E-state index in [1.165, 1.54) is 24.1 Å². The van der Waals surface area contributed by atoms with Gasteiger partial charge in [-0.15, -0.1) is 0 Å². The van der Waals surface area contributed by atoms with E-state index in [9.17, 15) is 4.79 Å². The number of piperidine rings is 1. The molecule has 2 N–H and O–H groups in total. The van der Waals surface area contributed by atoms with E-state index in [-0.39, 0.29) is 11.0 Å². The predicted octanol–water partition coefficient (Wildman–Crippen LogP) is 5.67. The van der Waals surface area contributed by atoms with Crippen LogP contribution in [0.5, 0.6) is 0 Å². The molecular weight excluding hydrogens is 370 g/mol. The fourth-order valence-electron chi connectivity index (χ4n) is 4.26. The van der Waals surface area contributed by atoms with Gasteiger partial charge in [0.1, 0.15) is 0 Å². The first-order valence-electron chi connectivity index (χ1n) is 11.0. The molecule has 4 rings (SSSR count). The van der Waals surface area contributed by atoms with Crippen LogP contribution in [0, 0.1) is 5.92 Å². The molecule has 0 radical (unpaired) electrons. The zero-order valence-corrected chi connectivity index (χ0v) is 18.6. The zero-order valence-electron chi connectivity index (χ0n) is 18.6. The molecule has 3 aromatic rings. The summed E-state index contributed by atoms with van der Waals surface area (Å²) in [6, 6.07) is 16.9. The van der Waals surface area contributed by atoms with E-state index < -0.39 is 0 Å². The Labute approximate surface area is 179 Å². The molecule has 4 nitrogen and oxygen atoms in total. The number of anilines is 2. The molecule has 0 aliphatic carbocycles. The number of hydrogen-bond donors (Lipinski definition) is 2. The van der Waals surface area contributed by atoms with E-state index in [4.69, 9.17) is 0 Å². The first-order valence-corrected chi connectivity index (χ1v) is 11.0. The highest BCUT2D eigenvalue weighted by Gasteiger charge is 2.17. The first kappa shape index (κ1) is 20.5. The van der Waals surface area contributed by atoms with E-state index in [1.807, 2.05) is 12.1 Å². The van der Waals surface area contributed by atoms with Gasteiger partial charge in [0.2, 0.25) is 0 Å². The molecule has 0 saturated carbocycles. The van der Waals surface area contributed by atoms with Crippen LogP contribution in [-0.2, 0) is 12.0 Å².